The average Bonchev–Trinajstić information content (AvgIpc) is 2.33. The molecule has 0 spiro atoms. The second kappa shape index (κ2) is 4.82. The molecular weight excluding hydrogens is 230 g/mol. The molecule has 5 heteroatoms. The number of β-amino-alcohol motifs (C(OH)–C–C–N with tert-alkyl or cyclic N) is 1. The minimum atomic E-state index is -0.998. The third-order valence-electron chi connectivity index (χ3n) is 3.64. The summed E-state index contributed by atoms with van der Waals surface area (Å²) in [6.45, 7) is 6.97. The highest BCUT2D eigenvalue weighted by molar-refractivity contribution is 5.47. The zero-order valence-corrected chi connectivity index (χ0v) is 11.2. The number of aromatic nitrogens is 2. The summed E-state index contributed by atoms with van der Waals surface area (Å²) in [5.74, 6) is 1.20. The van der Waals surface area contributed by atoms with Crippen molar-refractivity contribution in [1.29, 1.82) is 0 Å². The summed E-state index contributed by atoms with van der Waals surface area (Å²) in [5, 5.41) is 19.9. The van der Waals surface area contributed by atoms with E-state index in [4.69, 9.17) is 0 Å². The fourth-order valence-electron chi connectivity index (χ4n) is 2.22. The molecule has 2 rings (SSSR count). The van der Waals surface area contributed by atoms with E-state index in [9.17, 15) is 10.2 Å². The van der Waals surface area contributed by atoms with Gasteiger partial charge in [0.1, 0.15) is 12.1 Å². The molecule has 0 saturated carbocycles. The van der Waals surface area contributed by atoms with Gasteiger partial charge in [0.05, 0.1) is 11.7 Å². The molecule has 0 amide bonds. The van der Waals surface area contributed by atoms with Gasteiger partial charge in [0.15, 0.2) is 0 Å². The fraction of sp³-hybridized carbons (Fsp3) is 0.692. The van der Waals surface area contributed by atoms with Crippen molar-refractivity contribution >= 4 is 5.82 Å². The number of aliphatic hydroxyl groups excluding tert-OH is 1. The first-order valence-electron chi connectivity index (χ1n) is 6.37. The molecule has 2 N–H and O–H groups in total. The van der Waals surface area contributed by atoms with Crippen molar-refractivity contribution < 1.29 is 10.2 Å². The molecule has 100 valence electrons. The first-order chi connectivity index (χ1) is 8.42. The van der Waals surface area contributed by atoms with E-state index in [-0.39, 0.29) is 0 Å². The van der Waals surface area contributed by atoms with Gasteiger partial charge >= 0.3 is 0 Å². The largest absolute Gasteiger partial charge is 0.388 e. The van der Waals surface area contributed by atoms with Crippen molar-refractivity contribution in [3.63, 3.8) is 0 Å². The molecule has 5 nitrogen and oxygen atoms in total. The van der Waals surface area contributed by atoms with Crippen LogP contribution in [0.25, 0.3) is 0 Å². The minimum Gasteiger partial charge on any atom is -0.388 e. The smallest absolute Gasteiger partial charge is 0.135 e. The molecule has 1 aromatic heterocycles. The van der Waals surface area contributed by atoms with Crippen LogP contribution in [-0.2, 0) is 0 Å². The van der Waals surface area contributed by atoms with E-state index in [1.54, 1.807) is 6.92 Å². The van der Waals surface area contributed by atoms with E-state index in [1.165, 1.54) is 6.33 Å². The maximum atomic E-state index is 9.98. The van der Waals surface area contributed by atoms with Crippen LogP contribution in [0.5, 0.6) is 0 Å². The van der Waals surface area contributed by atoms with E-state index in [2.05, 4.69) is 23.8 Å². The summed E-state index contributed by atoms with van der Waals surface area (Å²) >= 11 is 0. The van der Waals surface area contributed by atoms with Crippen molar-refractivity contribution in [1.82, 2.24) is 9.97 Å². The number of hydrogen-bond donors (Lipinski definition) is 2. The highest BCUT2D eigenvalue weighted by Gasteiger charge is 2.37. The van der Waals surface area contributed by atoms with Gasteiger partial charge in [-0.2, -0.15) is 0 Å². The second-order valence-electron chi connectivity index (χ2n) is 5.53. The predicted molar refractivity (Wildman–Crippen MR) is 69.6 cm³/mol. The molecule has 2 unspecified atom stereocenters. The van der Waals surface area contributed by atoms with E-state index in [0.29, 0.717) is 25.4 Å². The van der Waals surface area contributed by atoms with Crippen LogP contribution in [-0.4, -0.2) is 45.0 Å². The number of hydrogen-bond acceptors (Lipinski definition) is 5. The van der Waals surface area contributed by atoms with Crippen LogP contribution in [0, 0.1) is 0 Å². The molecule has 18 heavy (non-hydrogen) atoms. The topological polar surface area (TPSA) is 69.5 Å². The van der Waals surface area contributed by atoms with Gasteiger partial charge in [0, 0.05) is 24.8 Å². The Morgan fingerprint density at radius 2 is 2.22 bits per heavy atom. The standard InChI is InChI=1S/C13H21N3O2/c1-9(2)10-6-14-8-15-12(10)16-5-4-13(3,18)11(17)7-16/h6,8-9,11,17-18H,4-5,7H2,1-3H3. The first kappa shape index (κ1) is 13.2. The van der Waals surface area contributed by atoms with Crippen LogP contribution in [0.15, 0.2) is 12.5 Å². The summed E-state index contributed by atoms with van der Waals surface area (Å²) < 4.78 is 0. The number of aliphatic hydroxyl groups is 2. The molecule has 0 aromatic carbocycles. The van der Waals surface area contributed by atoms with Gasteiger partial charge < -0.3 is 15.1 Å². The lowest BCUT2D eigenvalue weighted by molar-refractivity contribution is -0.0723. The van der Waals surface area contributed by atoms with Crippen LogP contribution < -0.4 is 4.90 Å². The molecule has 1 aromatic rings. The van der Waals surface area contributed by atoms with Gasteiger partial charge in [-0.15, -0.1) is 0 Å². The summed E-state index contributed by atoms with van der Waals surface area (Å²) in [6, 6.07) is 0. The third kappa shape index (κ3) is 2.47. The molecule has 1 aliphatic rings. The van der Waals surface area contributed by atoms with Gasteiger partial charge in [-0.3, -0.25) is 0 Å². The van der Waals surface area contributed by atoms with Gasteiger partial charge in [-0.1, -0.05) is 13.8 Å². The predicted octanol–water partition coefficient (Wildman–Crippen LogP) is 0.922. The fourth-order valence-corrected chi connectivity index (χ4v) is 2.22. The lowest BCUT2D eigenvalue weighted by Gasteiger charge is -2.41. The molecular formula is C13H21N3O2. The monoisotopic (exact) mass is 251 g/mol. The van der Waals surface area contributed by atoms with Crippen molar-refractivity contribution in [2.45, 2.75) is 44.8 Å². The Hall–Kier alpha value is -1.20. The molecule has 2 atom stereocenters. The molecule has 0 bridgehead atoms. The SMILES string of the molecule is CC(C)c1cncnc1N1CCC(C)(O)C(O)C1. The van der Waals surface area contributed by atoms with Crippen molar-refractivity contribution in [3.05, 3.63) is 18.1 Å². The molecule has 1 saturated heterocycles. The highest BCUT2D eigenvalue weighted by Crippen LogP contribution is 2.29. The zero-order valence-electron chi connectivity index (χ0n) is 11.2. The highest BCUT2D eigenvalue weighted by atomic mass is 16.3. The number of rotatable bonds is 2. The van der Waals surface area contributed by atoms with Crippen LogP contribution in [0.3, 0.4) is 0 Å². The van der Waals surface area contributed by atoms with Crippen molar-refractivity contribution in [2.24, 2.45) is 0 Å². The van der Waals surface area contributed by atoms with Gasteiger partial charge in [0.2, 0.25) is 0 Å². The summed E-state index contributed by atoms with van der Waals surface area (Å²) in [7, 11) is 0. The number of anilines is 1. The number of piperidine rings is 1. The zero-order chi connectivity index (χ0) is 13.3. The Balaban J connectivity index is 2.23. The Morgan fingerprint density at radius 1 is 1.50 bits per heavy atom. The Bertz CT molecular complexity index is 420. The lowest BCUT2D eigenvalue weighted by atomic mass is 9.90. The molecule has 1 aliphatic heterocycles. The van der Waals surface area contributed by atoms with Gasteiger partial charge in [-0.25, -0.2) is 9.97 Å². The minimum absolute atomic E-state index is 0.334. The van der Waals surface area contributed by atoms with Gasteiger partial charge in [-0.05, 0) is 19.3 Å². The molecule has 0 radical (unpaired) electrons. The summed E-state index contributed by atoms with van der Waals surface area (Å²) in [5.41, 5.74) is 0.0767. The molecule has 0 aliphatic carbocycles. The Labute approximate surface area is 107 Å². The number of nitrogens with zero attached hydrogens (tertiary/aromatic N) is 3. The normalized spacial score (nSPS) is 28.8. The maximum Gasteiger partial charge on any atom is 0.135 e. The van der Waals surface area contributed by atoms with E-state index >= 15 is 0 Å². The Kier molecular flexibility index (Phi) is 3.54. The van der Waals surface area contributed by atoms with E-state index < -0.39 is 11.7 Å². The van der Waals surface area contributed by atoms with E-state index in [0.717, 1.165) is 11.4 Å². The van der Waals surface area contributed by atoms with Crippen LogP contribution in [0.4, 0.5) is 5.82 Å². The summed E-state index contributed by atoms with van der Waals surface area (Å²) in [6.07, 6.45) is 3.14. The maximum absolute atomic E-state index is 9.98. The Morgan fingerprint density at radius 3 is 2.83 bits per heavy atom. The van der Waals surface area contributed by atoms with Crippen LogP contribution in [0.1, 0.15) is 38.7 Å². The van der Waals surface area contributed by atoms with Crippen LogP contribution >= 0.6 is 0 Å². The average molecular weight is 251 g/mol. The van der Waals surface area contributed by atoms with Gasteiger partial charge in [0.25, 0.3) is 0 Å². The quantitative estimate of drug-likeness (QED) is 0.818. The second-order valence-corrected chi connectivity index (χ2v) is 5.53. The summed E-state index contributed by atoms with van der Waals surface area (Å²) in [4.78, 5) is 10.4. The lowest BCUT2D eigenvalue weighted by Crippen LogP contribution is -2.54. The van der Waals surface area contributed by atoms with Crippen molar-refractivity contribution in [2.75, 3.05) is 18.0 Å². The molecule has 2 heterocycles. The van der Waals surface area contributed by atoms with E-state index in [1.807, 2.05) is 11.1 Å². The van der Waals surface area contributed by atoms with Crippen LogP contribution in [0.2, 0.25) is 0 Å². The first-order valence-corrected chi connectivity index (χ1v) is 6.37. The molecule has 1 fully saturated rings. The van der Waals surface area contributed by atoms with Crippen molar-refractivity contribution in [3.8, 4) is 0 Å². The third-order valence-corrected chi connectivity index (χ3v) is 3.64.